The number of carbonyl (C=O) groups is 1. The first-order valence-corrected chi connectivity index (χ1v) is 9.47. The molecule has 6 nitrogen and oxygen atoms in total. The molecule has 0 aliphatic carbocycles. The van der Waals surface area contributed by atoms with Crippen LogP contribution in [-0.4, -0.2) is 30.1 Å². The van der Waals surface area contributed by atoms with Gasteiger partial charge in [-0.3, -0.25) is 4.98 Å². The molecular weight excluding hydrogens is 380 g/mol. The van der Waals surface area contributed by atoms with E-state index < -0.39 is 11.7 Å². The Hall–Kier alpha value is -3.93. The van der Waals surface area contributed by atoms with Crippen LogP contribution in [0.3, 0.4) is 0 Å². The van der Waals surface area contributed by atoms with Crippen molar-refractivity contribution >= 4 is 17.1 Å². The number of carbonyl (C=O) groups excluding carboxylic acids is 1. The van der Waals surface area contributed by atoms with Gasteiger partial charge >= 0.3 is 11.7 Å². The molecule has 6 heteroatoms. The van der Waals surface area contributed by atoms with E-state index in [-0.39, 0.29) is 0 Å². The second-order valence-corrected chi connectivity index (χ2v) is 7.04. The molecule has 0 aliphatic heterocycles. The number of aromatic nitrogens is 1. The van der Waals surface area contributed by atoms with Gasteiger partial charge in [0.05, 0.1) is 11.3 Å². The van der Waals surface area contributed by atoms with E-state index in [1.54, 1.807) is 38.5 Å². The summed E-state index contributed by atoms with van der Waals surface area (Å²) < 4.78 is 10.9. The molecule has 4 rings (SSSR count). The second-order valence-electron chi connectivity index (χ2n) is 7.04. The van der Waals surface area contributed by atoms with Crippen LogP contribution in [0.15, 0.2) is 82.1 Å². The van der Waals surface area contributed by atoms with Crippen molar-refractivity contribution < 1.29 is 13.9 Å². The van der Waals surface area contributed by atoms with E-state index in [4.69, 9.17) is 9.15 Å². The Balaban J connectivity index is 1.90. The molecule has 0 radical (unpaired) electrons. The highest BCUT2D eigenvalue weighted by molar-refractivity contribution is 5.95. The predicted octanol–water partition coefficient (Wildman–Crippen LogP) is 4.51. The van der Waals surface area contributed by atoms with Crippen molar-refractivity contribution in [3.63, 3.8) is 0 Å². The van der Waals surface area contributed by atoms with Gasteiger partial charge in [0.15, 0.2) is 0 Å². The van der Waals surface area contributed by atoms with E-state index in [0.29, 0.717) is 29.0 Å². The SMILES string of the molecule is CN(C)C(=O)Oc1ccc2c(-c3ccccn3)c(Cc3ccccc3)c(=O)oc2c1. The number of pyridine rings is 1. The van der Waals surface area contributed by atoms with Gasteiger partial charge in [-0.15, -0.1) is 0 Å². The second kappa shape index (κ2) is 8.21. The monoisotopic (exact) mass is 400 g/mol. The summed E-state index contributed by atoms with van der Waals surface area (Å²) in [5.41, 5.74) is 2.82. The molecule has 0 spiro atoms. The zero-order valence-corrected chi connectivity index (χ0v) is 16.7. The maximum absolute atomic E-state index is 13.0. The van der Waals surface area contributed by atoms with Gasteiger partial charge in [0, 0.05) is 43.7 Å². The Kier molecular flexibility index (Phi) is 5.30. The van der Waals surface area contributed by atoms with Gasteiger partial charge in [0.2, 0.25) is 0 Å². The van der Waals surface area contributed by atoms with Crippen LogP contribution in [-0.2, 0) is 6.42 Å². The normalized spacial score (nSPS) is 10.7. The molecule has 0 N–H and O–H groups in total. The Morgan fingerprint density at radius 1 is 1.03 bits per heavy atom. The Bertz CT molecular complexity index is 1250. The zero-order valence-electron chi connectivity index (χ0n) is 16.7. The lowest BCUT2D eigenvalue weighted by molar-refractivity contribution is 0.172. The van der Waals surface area contributed by atoms with Crippen LogP contribution in [0.25, 0.3) is 22.2 Å². The number of fused-ring (bicyclic) bond motifs is 1. The van der Waals surface area contributed by atoms with E-state index in [1.165, 1.54) is 4.90 Å². The summed E-state index contributed by atoms with van der Waals surface area (Å²) in [5.74, 6) is 0.298. The first-order chi connectivity index (χ1) is 14.5. The smallest absolute Gasteiger partial charge is 0.414 e. The molecule has 150 valence electrons. The first kappa shape index (κ1) is 19.4. The maximum atomic E-state index is 13.0. The van der Waals surface area contributed by atoms with Gasteiger partial charge in [-0.05, 0) is 29.8 Å². The van der Waals surface area contributed by atoms with Crippen LogP contribution in [0.5, 0.6) is 5.75 Å². The average Bonchev–Trinajstić information content (AvgIpc) is 2.75. The molecular formula is C24H20N2O4. The van der Waals surface area contributed by atoms with Crippen molar-refractivity contribution in [2.24, 2.45) is 0 Å². The molecule has 30 heavy (non-hydrogen) atoms. The van der Waals surface area contributed by atoms with Crippen LogP contribution in [0.4, 0.5) is 4.79 Å². The maximum Gasteiger partial charge on any atom is 0.414 e. The number of benzene rings is 2. The summed E-state index contributed by atoms with van der Waals surface area (Å²) in [4.78, 5) is 30.6. The van der Waals surface area contributed by atoms with Crippen LogP contribution in [0.2, 0.25) is 0 Å². The molecule has 0 saturated heterocycles. The summed E-state index contributed by atoms with van der Waals surface area (Å²) in [6.45, 7) is 0. The molecule has 0 atom stereocenters. The van der Waals surface area contributed by atoms with Crippen molar-refractivity contribution in [1.82, 2.24) is 9.88 Å². The van der Waals surface area contributed by atoms with Crippen molar-refractivity contribution in [2.75, 3.05) is 14.1 Å². The van der Waals surface area contributed by atoms with Gasteiger partial charge < -0.3 is 14.1 Å². The summed E-state index contributed by atoms with van der Waals surface area (Å²) in [6.07, 6.45) is 1.60. The molecule has 2 aromatic heterocycles. The minimum Gasteiger partial charge on any atom is -0.422 e. The summed E-state index contributed by atoms with van der Waals surface area (Å²) in [6, 6.07) is 20.3. The number of ether oxygens (including phenoxy) is 1. The number of hydrogen-bond acceptors (Lipinski definition) is 5. The minimum atomic E-state index is -0.512. The molecule has 0 saturated carbocycles. The lowest BCUT2D eigenvalue weighted by Crippen LogP contribution is -2.25. The lowest BCUT2D eigenvalue weighted by atomic mass is 9.96. The molecule has 0 bridgehead atoms. The standard InChI is InChI=1S/C24H20N2O4/c1-26(2)24(28)29-17-11-12-18-21(15-17)30-23(27)19(14-16-8-4-3-5-9-16)22(18)20-10-6-7-13-25-20/h3-13,15H,14H2,1-2H3. The third-order valence-electron chi connectivity index (χ3n) is 4.69. The molecule has 1 amide bonds. The quantitative estimate of drug-likeness (QED) is 0.472. The summed E-state index contributed by atoms with van der Waals surface area (Å²) in [5, 5.41) is 0.726. The third-order valence-corrected chi connectivity index (χ3v) is 4.69. The fourth-order valence-corrected chi connectivity index (χ4v) is 3.24. The number of amides is 1. The lowest BCUT2D eigenvalue weighted by Gasteiger charge is -2.13. The fourth-order valence-electron chi connectivity index (χ4n) is 3.24. The first-order valence-electron chi connectivity index (χ1n) is 9.47. The predicted molar refractivity (Wildman–Crippen MR) is 115 cm³/mol. The summed E-state index contributed by atoms with van der Waals surface area (Å²) >= 11 is 0. The van der Waals surface area contributed by atoms with Crippen LogP contribution in [0, 0.1) is 0 Å². The molecule has 4 aromatic rings. The Labute approximate surface area is 173 Å². The van der Waals surface area contributed by atoms with Crippen molar-refractivity contribution in [3.05, 3.63) is 94.5 Å². The fraction of sp³-hybridized carbons (Fsp3) is 0.125. The van der Waals surface area contributed by atoms with Crippen LogP contribution < -0.4 is 10.4 Å². The van der Waals surface area contributed by atoms with Gasteiger partial charge in [-0.1, -0.05) is 36.4 Å². The molecule has 0 fully saturated rings. The van der Waals surface area contributed by atoms with E-state index in [9.17, 15) is 9.59 Å². The van der Waals surface area contributed by atoms with Crippen molar-refractivity contribution in [3.8, 4) is 17.0 Å². The molecule has 2 heterocycles. The van der Waals surface area contributed by atoms with Crippen molar-refractivity contribution in [1.29, 1.82) is 0 Å². The van der Waals surface area contributed by atoms with E-state index >= 15 is 0 Å². The zero-order chi connectivity index (χ0) is 21.1. The Morgan fingerprint density at radius 2 is 1.80 bits per heavy atom. The average molecular weight is 400 g/mol. The van der Waals surface area contributed by atoms with Gasteiger partial charge in [0.1, 0.15) is 11.3 Å². The van der Waals surface area contributed by atoms with E-state index in [0.717, 1.165) is 16.5 Å². The third kappa shape index (κ3) is 3.93. The highest BCUT2D eigenvalue weighted by atomic mass is 16.6. The highest BCUT2D eigenvalue weighted by Gasteiger charge is 2.19. The number of nitrogens with zero attached hydrogens (tertiary/aromatic N) is 2. The topological polar surface area (TPSA) is 72.6 Å². The van der Waals surface area contributed by atoms with Crippen LogP contribution in [0.1, 0.15) is 11.1 Å². The number of hydrogen-bond donors (Lipinski definition) is 0. The van der Waals surface area contributed by atoms with E-state index in [2.05, 4.69) is 4.98 Å². The van der Waals surface area contributed by atoms with Crippen LogP contribution >= 0.6 is 0 Å². The summed E-state index contributed by atoms with van der Waals surface area (Å²) in [7, 11) is 3.19. The van der Waals surface area contributed by atoms with Gasteiger partial charge in [-0.2, -0.15) is 0 Å². The highest BCUT2D eigenvalue weighted by Crippen LogP contribution is 2.32. The largest absolute Gasteiger partial charge is 0.422 e. The number of rotatable bonds is 4. The van der Waals surface area contributed by atoms with Gasteiger partial charge in [-0.25, -0.2) is 9.59 Å². The molecule has 2 aromatic carbocycles. The Morgan fingerprint density at radius 3 is 2.50 bits per heavy atom. The van der Waals surface area contributed by atoms with Crippen molar-refractivity contribution in [2.45, 2.75) is 6.42 Å². The molecule has 0 aliphatic rings. The van der Waals surface area contributed by atoms with E-state index in [1.807, 2.05) is 48.5 Å². The molecule has 0 unspecified atom stereocenters. The minimum absolute atomic E-state index is 0.298. The van der Waals surface area contributed by atoms with Gasteiger partial charge in [0.25, 0.3) is 0 Å².